The lowest BCUT2D eigenvalue weighted by molar-refractivity contribution is 0.133. The number of nitrogens with two attached hydrogens (primary N) is 1. The molecule has 1 rings (SSSR count). The fourth-order valence-electron chi connectivity index (χ4n) is 1.54. The van der Waals surface area contributed by atoms with Crippen LogP contribution in [0.3, 0.4) is 0 Å². The van der Waals surface area contributed by atoms with E-state index in [1.54, 1.807) is 0 Å². The smallest absolute Gasteiger partial charge is 0.243 e. The highest BCUT2D eigenvalue weighted by Gasteiger charge is 2.21. The van der Waals surface area contributed by atoms with Crippen LogP contribution in [0.2, 0.25) is 10.0 Å². The molecular weight excluding hydrogens is 323 g/mol. The molecule has 0 aliphatic rings. The molecule has 0 heterocycles. The first-order valence-electron chi connectivity index (χ1n) is 6.20. The van der Waals surface area contributed by atoms with Crippen LogP contribution in [0.25, 0.3) is 0 Å². The maximum atomic E-state index is 12.1. The molecule has 0 fully saturated rings. The number of hydrogen-bond acceptors (Lipinski definition) is 4. The largest absolute Gasteiger partial charge is 0.399 e. The SMILES string of the molecule is CCCOCCCNS(=O)(=O)c1c(Cl)cc(N)cc1Cl. The number of ether oxygens (including phenoxy) is 1. The molecule has 0 saturated carbocycles. The average molecular weight is 341 g/mol. The zero-order valence-corrected chi connectivity index (χ0v) is 13.5. The highest BCUT2D eigenvalue weighted by Crippen LogP contribution is 2.31. The summed E-state index contributed by atoms with van der Waals surface area (Å²) in [4.78, 5) is -0.149. The van der Waals surface area contributed by atoms with E-state index in [4.69, 9.17) is 33.7 Å². The van der Waals surface area contributed by atoms with Crippen LogP contribution in [0.5, 0.6) is 0 Å². The molecule has 5 nitrogen and oxygen atoms in total. The predicted octanol–water partition coefficient (Wildman–Crippen LogP) is 2.67. The number of anilines is 1. The number of hydrogen-bond donors (Lipinski definition) is 2. The van der Waals surface area contributed by atoms with Crippen LogP contribution in [0.4, 0.5) is 5.69 Å². The van der Waals surface area contributed by atoms with Gasteiger partial charge in [-0.2, -0.15) is 0 Å². The highest BCUT2D eigenvalue weighted by molar-refractivity contribution is 7.89. The summed E-state index contributed by atoms with van der Waals surface area (Å²) in [5, 5.41) is 0.00876. The second-order valence-electron chi connectivity index (χ2n) is 4.18. The Kier molecular flexibility index (Phi) is 7.05. The molecule has 0 spiro atoms. The van der Waals surface area contributed by atoms with Crippen molar-refractivity contribution in [1.29, 1.82) is 0 Å². The molecular formula is C12H18Cl2N2O3S. The zero-order valence-electron chi connectivity index (χ0n) is 11.2. The van der Waals surface area contributed by atoms with Crippen LogP contribution in [0, 0.1) is 0 Å². The van der Waals surface area contributed by atoms with Gasteiger partial charge in [0.15, 0.2) is 0 Å². The predicted molar refractivity (Wildman–Crippen MR) is 81.8 cm³/mol. The van der Waals surface area contributed by atoms with Crippen molar-refractivity contribution in [3.63, 3.8) is 0 Å². The minimum Gasteiger partial charge on any atom is -0.399 e. The molecule has 8 heteroatoms. The molecule has 0 aliphatic carbocycles. The Labute approximate surface area is 129 Å². The Morgan fingerprint density at radius 2 is 1.85 bits per heavy atom. The van der Waals surface area contributed by atoms with Gasteiger partial charge < -0.3 is 10.5 Å². The lowest BCUT2D eigenvalue weighted by Crippen LogP contribution is -2.26. The first-order chi connectivity index (χ1) is 9.38. The van der Waals surface area contributed by atoms with Crippen LogP contribution >= 0.6 is 23.2 Å². The van der Waals surface area contributed by atoms with Gasteiger partial charge in [0.2, 0.25) is 10.0 Å². The Hall–Kier alpha value is -0.530. The number of benzene rings is 1. The molecule has 0 unspecified atom stereocenters. The molecule has 1 aromatic rings. The topological polar surface area (TPSA) is 81.4 Å². The highest BCUT2D eigenvalue weighted by atomic mass is 35.5. The number of rotatable bonds is 8. The van der Waals surface area contributed by atoms with Gasteiger partial charge in [0.1, 0.15) is 4.90 Å². The van der Waals surface area contributed by atoms with Gasteiger partial charge in [-0.15, -0.1) is 0 Å². The summed E-state index contributed by atoms with van der Waals surface area (Å²) in [6, 6.07) is 2.71. The number of nitrogen functional groups attached to an aromatic ring is 1. The number of sulfonamides is 1. The van der Waals surface area contributed by atoms with E-state index in [0.29, 0.717) is 25.3 Å². The van der Waals surface area contributed by atoms with Crippen LogP contribution < -0.4 is 10.5 Å². The third kappa shape index (κ3) is 5.10. The number of halogens is 2. The van der Waals surface area contributed by atoms with Crippen LogP contribution in [0.15, 0.2) is 17.0 Å². The maximum absolute atomic E-state index is 12.1. The van der Waals surface area contributed by atoms with Crippen LogP contribution in [0.1, 0.15) is 19.8 Å². The first kappa shape index (κ1) is 17.5. The monoisotopic (exact) mass is 340 g/mol. The van der Waals surface area contributed by atoms with E-state index in [1.807, 2.05) is 6.92 Å². The van der Waals surface area contributed by atoms with Crippen molar-refractivity contribution in [2.75, 3.05) is 25.5 Å². The fourth-order valence-corrected chi connectivity index (χ4v) is 3.84. The standard InChI is InChI=1S/C12H18Cl2N2O3S/c1-2-5-19-6-3-4-16-20(17,18)12-10(13)7-9(15)8-11(12)14/h7-8,16H,2-6,15H2,1H3. The zero-order chi connectivity index (χ0) is 15.2. The van der Waals surface area contributed by atoms with Crippen molar-refractivity contribution in [1.82, 2.24) is 4.72 Å². The van der Waals surface area contributed by atoms with Gasteiger partial charge >= 0.3 is 0 Å². The summed E-state index contributed by atoms with van der Waals surface area (Å²) in [6.07, 6.45) is 1.51. The minimum absolute atomic E-state index is 0.00438. The number of nitrogens with one attached hydrogen (secondary N) is 1. The van der Waals surface area contributed by atoms with Crippen LogP contribution in [-0.2, 0) is 14.8 Å². The third-order valence-corrected chi connectivity index (χ3v) is 4.78. The molecule has 0 aliphatic heterocycles. The lowest BCUT2D eigenvalue weighted by atomic mass is 10.3. The third-order valence-electron chi connectivity index (χ3n) is 2.40. The van der Waals surface area contributed by atoms with Gasteiger partial charge in [-0.05, 0) is 25.0 Å². The van der Waals surface area contributed by atoms with Crippen LogP contribution in [-0.4, -0.2) is 28.2 Å². The molecule has 20 heavy (non-hydrogen) atoms. The van der Waals surface area contributed by atoms with Crippen molar-refractivity contribution in [3.8, 4) is 0 Å². The lowest BCUT2D eigenvalue weighted by Gasteiger charge is -2.11. The van der Waals surface area contributed by atoms with Crippen molar-refractivity contribution >= 4 is 38.9 Å². The maximum Gasteiger partial charge on any atom is 0.243 e. The molecule has 0 amide bonds. The van der Waals surface area contributed by atoms with E-state index in [9.17, 15) is 8.42 Å². The summed E-state index contributed by atoms with van der Waals surface area (Å²) < 4.78 is 31.9. The first-order valence-corrected chi connectivity index (χ1v) is 8.44. The quantitative estimate of drug-likeness (QED) is 0.563. The Morgan fingerprint density at radius 1 is 1.25 bits per heavy atom. The average Bonchev–Trinajstić information content (AvgIpc) is 2.31. The molecule has 0 saturated heterocycles. The normalized spacial score (nSPS) is 11.8. The second-order valence-corrected chi connectivity index (χ2v) is 6.70. The Balaban J connectivity index is 2.66. The molecule has 0 bridgehead atoms. The summed E-state index contributed by atoms with van der Waals surface area (Å²) in [6.45, 7) is 3.43. The van der Waals surface area contributed by atoms with Gasteiger partial charge in [-0.3, -0.25) is 0 Å². The van der Waals surface area contributed by atoms with Crippen molar-refractivity contribution < 1.29 is 13.2 Å². The van der Waals surface area contributed by atoms with E-state index < -0.39 is 10.0 Å². The molecule has 3 N–H and O–H groups in total. The molecule has 1 aromatic carbocycles. The molecule has 0 aromatic heterocycles. The molecule has 0 atom stereocenters. The Bertz CT molecular complexity index is 527. The minimum atomic E-state index is -3.76. The summed E-state index contributed by atoms with van der Waals surface area (Å²) >= 11 is 11.8. The Morgan fingerprint density at radius 3 is 2.40 bits per heavy atom. The van der Waals surface area contributed by atoms with Gasteiger partial charge in [0, 0.05) is 25.4 Å². The summed E-state index contributed by atoms with van der Waals surface area (Å²) in [5.74, 6) is 0. The fraction of sp³-hybridized carbons (Fsp3) is 0.500. The van der Waals surface area contributed by atoms with E-state index in [0.717, 1.165) is 6.42 Å². The summed E-state index contributed by atoms with van der Waals surface area (Å²) in [7, 11) is -3.76. The van der Waals surface area contributed by atoms with E-state index >= 15 is 0 Å². The van der Waals surface area contributed by atoms with Gasteiger partial charge in [-0.25, -0.2) is 13.1 Å². The van der Waals surface area contributed by atoms with Crippen molar-refractivity contribution in [2.24, 2.45) is 0 Å². The van der Waals surface area contributed by atoms with Gasteiger partial charge in [0.25, 0.3) is 0 Å². The van der Waals surface area contributed by atoms with Crippen molar-refractivity contribution in [3.05, 3.63) is 22.2 Å². The van der Waals surface area contributed by atoms with E-state index in [2.05, 4.69) is 4.72 Å². The summed E-state index contributed by atoms with van der Waals surface area (Å²) in [5.41, 5.74) is 5.85. The van der Waals surface area contributed by atoms with Gasteiger partial charge in [-0.1, -0.05) is 30.1 Å². The van der Waals surface area contributed by atoms with E-state index in [1.165, 1.54) is 12.1 Å². The van der Waals surface area contributed by atoms with Gasteiger partial charge in [0.05, 0.1) is 10.0 Å². The molecule has 114 valence electrons. The van der Waals surface area contributed by atoms with Crippen molar-refractivity contribution in [2.45, 2.75) is 24.7 Å². The van der Waals surface area contributed by atoms with E-state index in [-0.39, 0.29) is 21.5 Å². The molecule has 0 radical (unpaired) electrons. The second kappa shape index (κ2) is 8.05.